The predicted molar refractivity (Wildman–Crippen MR) is 155 cm³/mol. The van der Waals surface area contributed by atoms with Gasteiger partial charge in [-0.25, -0.2) is 0 Å². The van der Waals surface area contributed by atoms with Crippen molar-refractivity contribution in [1.82, 2.24) is 20.4 Å². The lowest BCUT2D eigenvalue weighted by atomic mass is 9.96. The first-order valence-corrected chi connectivity index (χ1v) is 13.5. The highest BCUT2D eigenvalue weighted by molar-refractivity contribution is 9.10. The van der Waals surface area contributed by atoms with Crippen LogP contribution in [-0.4, -0.2) is 26.2 Å². The fraction of sp³-hybridized carbons (Fsp3) is 0.0333. The second-order valence-corrected chi connectivity index (χ2v) is 10.4. The molecule has 2 N–H and O–H groups in total. The maximum absolute atomic E-state index is 12.3. The molecule has 0 unspecified atom stereocenters. The zero-order valence-electron chi connectivity index (χ0n) is 19.6. The lowest BCUT2D eigenvalue weighted by molar-refractivity contribution is 0.0993. The molecule has 7 aromatic rings. The monoisotopic (exact) mass is 564 g/mol. The number of Topliss-reactive ketones (excluding diaryl/α,β-unsaturated/α-hetero) is 1. The van der Waals surface area contributed by atoms with Crippen molar-refractivity contribution in [2.24, 2.45) is 0 Å². The number of aromatic nitrogens is 4. The van der Waals surface area contributed by atoms with E-state index >= 15 is 0 Å². The maximum atomic E-state index is 12.3. The lowest BCUT2D eigenvalue weighted by Crippen LogP contribution is -2.01. The van der Waals surface area contributed by atoms with Crippen LogP contribution in [0.5, 0.6) is 0 Å². The maximum Gasteiger partial charge on any atom is 0.168 e. The quantitative estimate of drug-likeness (QED) is 0.211. The largest absolute Gasteiger partial charge is 0.294 e. The van der Waals surface area contributed by atoms with Gasteiger partial charge in [0.15, 0.2) is 5.78 Å². The number of ketones is 1. The number of hydrogen-bond acceptors (Lipinski definition) is 4. The van der Waals surface area contributed by atoms with Crippen molar-refractivity contribution in [3.8, 4) is 11.1 Å². The molecule has 5 nitrogen and oxygen atoms in total. The molecule has 0 saturated heterocycles. The van der Waals surface area contributed by atoms with E-state index in [0.29, 0.717) is 6.42 Å². The summed E-state index contributed by atoms with van der Waals surface area (Å²) in [7, 11) is 0. The van der Waals surface area contributed by atoms with Gasteiger partial charge in [-0.2, -0.15) is 21.5 Å². The summed E-state index contributed by atoms with van der Waals surface area (Å²) in [4.78, 5) is 12.3. The molecule has 37 heavy (non-hydrogen) atoms. The zero-order valence-corrected chi connectivity index (χ0v) is 22.0. The minimum Gasteiger partial charge on any atom is -0.294 e. The number of fused-ring (bicyclic) bond motifs is 3. The van der Waals surface area contributed by atoms with Crippen LogP contribution < -0.4 is 0 Å². The molecular formula is C30H21BrN4OS. The number of carbonyl (C=O) groups excluding carboxylic acids is 1. The highest BCUT2D eigenvalue weighted by Crippen LogP contribution is 2.30. The number of nitrogens with one attached hydrogen (secondary N) is 2. The van der Waals surface area contributed by atoms with Crippen LogP contribution in [0.2, 0.25) is 0 Å². The van der Waals surface area contributed by atoms with E-state index in [1.165, 1.54) is 10.9 Å². The average Bonchev–Trinajstić information content (AvgIpc) is 3.70. The van der Waals surface area contributed by atoms with Crippen molar-refractivity contribution in [3.63, 3.8) is 0 Å². The summed E-state index contributed by atoms with van der Waals surface area (Å²) in [5.74, 6) is 0.166. The van der Waals surface area contributed by atoms with Gasteiger partial charge in [0.1, 0.15) is 0 Å². The van der Waals surface area contributed by atoms with Crippen LogP contribution >= 0.6 is 27.3 Å². The molecule has 4 aromatic carbocycles. The highest BCUT2D eigenvalue weighted by Gasteiger charge is 2.09. The Balaban J connectivity index is 0.000000210. The molecule has 0 spiro atoms. The number of thiophene rings is 1. The van der Waals surface area contributed by atoms with Crippen LogP contribution in [0.15, 0.2) is 106 Å². The molecule has 0 saturated carbocycles. The third-order valence-corrected chi connectivity index (χ3v) is 7.71. The van der Waals surface area contributed by atoms with Crippen LogP contribution in [0.4, 0.5) is 0 Å². The molecule has 0 aliphatic rings. The lowest BCUT2D eigenvalue weighted by Gasteiger charge is -2.07. The summed E-state index contributed by atoms with van der Waals surface area (Å²) in [5, 5.41) is 22.4. The summed E-state index contributed by atoms with van der Waals surface area (Å²) in [6.45, 7) is 0. The predicted octanol–water partition coefficient (Wildman–Crippen LogP) is 8.20. The van der Waals surface area contributed by atoms with Crippen LogP contribution in [0.1, 0.15) is 15.9 Å². The molecule has 0 aliphatic heterocycles. The van der Waals surface area contributed by atoms with Crippen LogP contribution in [0.25, 0.3) is 43.7 Å². The van der Waals surface area contributed by atoms with E-state index in [0.717, 1.165) is 48.4 Å². The molecule has 0 amide bonds. The van der Waals surface area contributed by atoms with Crippen molar-refractivity contribution in [1.29, 1.82) is 0 Å². The van der Waals surface area contributed by atoms with Crippen LogP contribution in [0.3, 0.4) is 0 Å². The summed E-state index contributed by atoms with van der Waals surface area (Å²) in [6, 6.07) is 26.8. The second-order valence-electron chi connectivity index (χ2n) is 8.72. The minimum atomic E-state index is 0.166. The van der Waals surface area contributed by atoms with E-state index in [2.05, 4.69) is 78.8 Å². The Bertz CT molecular complexity index is 1850. The highest BCUT2D eigenvalue weighted by atomic mass is 79.9. The molecule has 0 atom stereocenters. The normalized spacial score (nSPS) is 11.1. The van der Waals surface area contributed by atoms with E-state index < -0.39 is 0 Å². The number of rotatable bonds is 4. The Morgan fingerprint density at radius 2 is 1.54 bits per heavy atom. The standard InChI is InChI=1S/C23H16N2OS.C7H5BrN2/c26-23(19-8-9-27-14-19)11-15-4-5-17-12-18(7-6-16(17)10-15)20-2-1-3-22-21(20)13-24-25-22;8-6-2-1-3-7-5(6)4-9-10-7/h1-10,12-14H,11H2,(H,24,25);1-4H,(H,9,10). The molecule has 0 radical (unpaired) electrons. The van der Waals surface area contributed by atoms with Crippen molar-refractivity contribution >= 4 is 65.6 Å². The van der Waals surface area contributed by atoms with E-state index in [4.69, 9.17) is 0 Å². The fourth-order valence-electron chi connectivity index (χ4n) is 4.44. The molecule has 180 valence electrons. The zero-order chi connectivity index (χ0) is 25.2. The molecule has 0 fully saturated rings. The van der Waals surface area contributed by atoms with Gasteiger partial charge in [-0.15, -0.1) is 0 Å². The molecule has 7 rings (SSSR count). The first-order valence-electron chi connectivity index (χ1n) is 11.7. The Kier molecular flexibility index (Phi) is 6.39. The summed E-state index contributed by atoms with van der Waals surface area (Å²) < 4.78 is 1.08. The van der Waals surface area contributed by atoms with Gasteiger partial charge in [0.05, 0.1) is 23.4 Å². The van der Waals surface area contributed by atoms with Crippen LogP contribution in [-0.2, 0) is 6.42 Å². The number of nitrogens with zero attached hydrogens (tertiary/aromatic N) is 2. The second kappa shape index (κ2) is 10.1. The third kappa shape index (κ3) is 4.83. The van der Waals surface area contributed by atoms with E-state index in [-0.39, 0.29) is 5.78 Å². The Labute approximate surface area is 225 Å². The summed E-state index contributed by atoms with van der Waals surface area (Å²) in [6.07, 6.45) is 4.11. The number of hydrogen-bond donors (Lipinski definition) is 2. The Morgan fingerprint density at radius 1 is 0.811 bits per heavy atom. The summed E-state index contributed by atoms with van der Waals surface area (Å²) in [5.41, 5.74) is 6.27. The van der Waals surface area contributed by atoms with E-state index in [1.807, 2.05) is 53.4 Å². The van der Waals surface area contributed by atoms with Gasteiger partial charge in [0.2, 0.25) is 0 Å². The van der Waals surface area contributed by atoms with Gasteiger partial charge in [-0.3, -0.25) is 15.0 Å². The van der Waals surface area contributed by atoms with Gasteiger partial charge >= 0.3 is 0 Å². The molecular weight excluding hydrogens is 544 g/mol. The molecule has 3 aromatic heterocycles. The van der Waals surface area contributed by atoms with Crippen molar-refractivity contribution in [2.75, 3.05) is 0 Å². The van der Waals surface area contributed by atoms with Crippen molar-refractivity contribution in [2.45, 2.75) is 6.42 Å². The number of carbonyl (C=O) groups is 1. The molecule has 0 bridgehead atoms. The van der Waals surface area contributed by atoms with Gasteiger partial charge in [-0.1, -0.05) is 64.5 Å². The van der Waals surface area contributed by atoms with Crippen molar-refractivity contribution in [3.05, 3.63) is 118 Å². The summed E-state index contributed by atoms with van der Waals surface area (Å²) >= 11 is 4.97. The molecule has 3 heterocycles. The van der Waals surface area contributed by atoms with E-state index in [9.17, 15) is 4.79 Å². The minimum absolute atomic E-state index is 0.166. The van der Waals surface area contributed by atoms with E-state index in [1.54, 1.807) is 17.5 Å². The number of H-pyrrole nitrogens is 2. The van der Waals surface area contributed by atoms with Gasteiger partial charge < -0.3 is 0 Å². The smallest absolute Gasteiger partial charge is 0.168 e. The molecule has 7 heteroatoms. The Morgan fingerprint density at radius 3 is 2.32 bits per heavy atom. The van der Waals surface area contributed by atoms with Gasteiger partial charge in [-0.05, 0) is 63.2 Å². The van der Waals surface area contributed by atoms with Crippen LogP contribution in [0, 0.1) is 0 Å². The average molecular weight is 565 g/mol. The SMILES string of the molecule is Brc1cccc2[nH]ncc12.O=C(Cc1ccc2cc(-c3cccc4[nH]ncc34)ccc2c1)c1ccsc1. The first kappa shape index (κ1) is 23.3. The number of halogens is 1. The topological polar surface area (TPSA) is 74.4 Å². The third-order valence-electron chi connectivity index (χ3n) is 6.34. The van der Waals surface area contributed by atoms with Crippen molar-refractivity contribution < 1.29 is 4.79 Å². The first-order chi connectivity index (χ1) is 18.2. The molecule has 0 aliphatic carbocycles. The van der Waals surface area contributed by atoms with Gasteiger partial charge in [0, 0.05) is 32.6 Å². The number of benzene rings is 4. The van der Waals surface area contributed by atoms with Gasteiger partial charge in [0.25, 0.3) is 0 Å². The Hall–Kier alpha value is -4.07. The number of aromatic amines is 2. The fourth-order valence-corrected chi connectivity index (χ4v) is 5.56.